The van der Waals surface area contributed by atoms with Crippen LogP contribution >= 0.6 is 11.6 Å². The van der Waals surface area contributed by atoms with Gasteiger partial charge in [0.25, 0.3) is 0 Å². The summed E-state index contributed by atoms with van der Waals surface area (Å²) in [4.78, 5) is 2.62. The van der Waals surface area contributed by atoms with Gasteiger partial charge in [0.1, 0.15) is 0 Å². The lowest BCUT2D eigenvalue weighted by atomic mass is 10.0. The second kappa shape index (κ2) is 6.46. The minimum atomic E-state index is 0.682. The van der Waals surface area contributed by atoms with E-state index in [1.165, 1.54) is 49.8 Å². The number of hydrogen-bond acceptors (Lipinski definition) is 2. The van der Waals surface area contributed by atoms with E-state index in [2.05, 4.69) is 35.3 Å². The Kier molecular flexibility index (Phi) is 4.65. The largest absolute Gasteiger partial charge is 0.312 e. The Bertz CT molecular complexity index is 456. The highest BCUT2D eigenvalue weighted by atomic mass is 35.5. The van der Waals surface area contributed by atoms with Crippen LogP contribution in [-0.2, 0) is 6.54 Å². The zero-order valence-electron chi connectivity index (χ0n) is 12.4. The van der Waals surface area contributed by atoms with Gasteiger partial charge in [-0.3, -0.25) is 4.90 Å². The van der Waals surface area contributed by atoms with Gasteiger partial charge >= 0.3 is 0 Å². The molecule has 2 fully saturated rings. The lowest BCUT2D eigenvalue weighted by molar-refractivity contribution is 0.137. The lowest BCUT2D eigenvalue weighted by Crippen LogP contribution is -2.45. The van der Waals surface area contributed by atoms with Crippen LogP contribution < -0.4 is 5.32 Å². The molecule has 3 heteroatoms. The second-order valence-corrected chi connectivity index (χ2v) is 6.80. The highest BCUT2D eigenvalue weighted by Gasteiger charge is 2.26. The van der Waals surface area contributed by atoms with Crippen molar-refractivity contribution in [1.29, 1.82) is 0 Å². The molecule has 2 nitrogen and oxygen atoms in total. The Hall–Kier alpha value is -0.570. The third-order valence-electron chi connectivity index (χ3n) is 4.55. The van der Waals surface area contributed by atoms with E-state index in [-0.39, 0.29) is 0 Å². The molecule has 0 bridgehead atoms. The smallest absolute Gasteiger partial charge is 0.0453 e. The topological polar surface area (TPSA) is 15.3 Å². The summed E-state index contributed by atoms with van der Waals surface area (Å²) in [5.41, 5.74) is 2.51. The molecule has 1 unspecified atom stereocenters. The van der Waals surface area contributed by atoms with Crippen LogP contribution in [0.1, 0.15) is 43.2 Å². The predicted molar refractivity (Wildman–Crippen MR) is 85.3 cm³/mol. The first-order valence-corrected chi connectivity index (χ1v) is 8.32. The molecule has 0 aromatic heterocycles. The van der Waals surface area contributed by atoms with Gasteiger partial charge in [-0.25, -0.2) is 0 Å². The van der Waals surface area contributed by atoms with Gasteiger partial charge in [-0.1, -0.05) is 30.2 Å². The van der Waals surface area contributed by atoms with Crippen LogP contribution in [0.4, 0.5) is 0 Å². The van der Waals surface area contributed by atoms with E-state index in [4.69, 9.17) is 11.6 Å². The predicted octanol–water partition coefficient (Wildman–Crippen LogP) is 3.75. The molecule has 2 aliphatic rings. The molecule has 110 valence electrons. The number of nitrogens with one attached hydrogen (secondary N) is 1. The van der Waals surface area contributed by atoms with E-state index >= 15 is 0 Å². The van der Waals surface area contributed by atoms with Crippen LogP contribution in [0, 0.1) is 6.92 Å². The van der Waals surface area contributed by atoms with Gasteiger partial charge in [0.2, 0.25) is 0 Å². The maximum Gasteiger partial charge on any atom is 0.0453 e. The summed E-state index contributed by atoms with van der Waals surface area (Å²) in [5, 5.41) is 4.61. The van der Waals surface area contributed by atoms with Crippen molar-refractivity contribution in [3.63, 3.8) is 0 Å². The molecule has 20 heavy (non-hydrogen) atoms. The van der Waals surface area contributed by atoms with Crippen LogP contribution in [0.15, 0.2) is 18.2 Å². The van der Waals surface area contributed by atoms with Crippen molar-refractivity contribution < 1.29 is 0 Å². The van der Waals surface area contributed by atoms with E-state index in [0.29, 0.717) is 6.04 Å². The monoisotopic (exact) mass is 292 g/mol. The molecule has 1 heterocycles. The fourth-order valence-corrected chi connectivity index (χ4v) is 3.38. The van der Waals surface area contributed by atoms with E-state index in [1.807, 2.05) is 0 Å². The Morgan fingerprint density at radius 1 is 1.25 bits per heavy atom. The first kappa shape index (κ1) is 14.4. The first-order chi connectivity index (χ1) is 9.72. The normalized spacial score (nSPS) is 24.0. The number of benzene rings is 1. The Balaban J connectivity index is 1.62. The maximum absolute atomic E-state index is 6.39. The molecular weight excluding hydrogens is 268 g/mol. The summed E-state index contributed by atoms with van der Waals surface area (Å²) in [6.45, 7) is 5.45. The molecule has 0 spiro atoms. The average molecular weight is 293 g/mol. The Labute approximate surface area is 127 Å². The Morgan fingerprint density at radius 3 is 2.85 bits per heavy atom. The number of nitrogens with zero attached hydrogens (tertiary/aromatic N) is 1. The van der Waals surface area contributed by atoms with Crippen molar-refractivity contribution in [2.24, 2.45) is 0 Å². The number of likely N-dealkylation sites (tertiary alicyclic amines) is 1. The molecule has 1 N–H and O–H groups in total. The van der Waals surface area contributed by atoms with Crippen molar-refractivity contribution in [3.05, 3.63) is 34.3 Å². The average Bonchev–Trinajstić information content (AvgIpc) is 3.25. The molecule has 0 radical (unpaired) electrons. The lowest BCUT2D eigenvalue weighted by Gasteiger charge is -2.36. The molecule has 1 atom stereocenters. The molecule has 3 rings (SSSR count). The summed E-state index contributed by atoms with van der Waals surface area (Å²) in [5.74, 6) is 0. The minimum absolute atomic E-state index is 0.682. The van der Waals surface area contributed by atoms with Crippen molar-refractivity contribution in [2.75, 3.05) is 13.1 Å². The molecule has 1 aromatic rings. The van der Waals surface area contributed by atoms with Crippen LogP contribution in [0.25, 0.3) is 0 Å². The standard InChI is InChI=1S/C17H25ClN2/c1-13-5-6-14(17(18)10-13)12-20-9-3-2-4-16(20)11-19-15-7-8-15/h5-6,10,15-16,19H,2-4,7-9,11-12H2,1H3. The summed E-state index contributed by atoms with van der Waals surface area (Å²) >= 11 is 6.39. The van der Waals surface area contributed by atoms with E-state index in [1.54, 1.807) is 0 Å². The third-order valence-corrected chi connectivity index (χ3v) is 4.90. The summed E-state index contributed by atoms with van der Waals surface area (Å²) in [7, 11) is 0. The molecule has 0 amide bonds. The number of halogens is 1. The second-order valence-electron chi connectivity index (χ2n) is 6.40. The summed E-state index contributed by atoms with van der Waals surface area (Å²) in [6.07, 6.45) is 6.76. The van der Waals surface area contributed by atoms with Gasteiger partial charge in [0, 0.05) is 30.2 Å². The van der Waals surface area contributed by atoms with Crippen LogP contribution in [-0.4, -0.2) is 30.1 Å². The van der Waals surface area contributed by atoms with Crippen LogP contribution in [0.3, 0.4) is 0 Å². The van der Waals surface area contributed by atoms with E-state index in [9.17, 15) is 0 Å². The fraction of sp³-hybridized carbons (Fsp3) is 0.647. The van der Waals surface area contributed by atoms with Gasteiger partial charge in [0.15, 0.2) is 0 Å². The third kappa shape index (κ3) is 3.75. The number of piperidine rings is 1. The highest BCUT2D eigenvalue weighted by molar-refractivity contribution is 6.31. The number of rotatable bonds is 5. The fourth-order valence-electron chi connectivity index (χ4n) is 3.09. The number of aryl methyl sites for hydroxylation is 1. The van der Waals surface area contributed by atoms with Crippen molar-refractivity contribution >= 4 is 11.6 Å². The van der Waals surface area contributed by atoms with Crippen LogP contribution in [0.2, 0.25) is 5.02 Å². The zero-order valence-corrected chi connectivity index (χ0v) is 13.1. The first-order valence-electron chi connectivity index (χ1n) is 7.95. The van der Waals surface area contributed by atoms with Crippen molar-refractivity contribution in [2.45, 2.75) is 57.7 Å². The zero-order chi connectivity index (χ0) is 13.9. The van der Waals surface area contributed by atoms with E-state index in [0.717, 1.165) is 24.2 Å². The highest BCUT2D eigenvalue weighted by Crippen LogP contribution is 2.25. The van der Waals surface area contributed by atoms with Gasteiger partial charge in [-0.05, 0) is 56.3 Å². The van der Waals surface area contributed by atoms with Gasteiger partial charge in [-0.15, -0.1) is 0 Å². The SMILES string of the molecule is Cc1ccc(CN2CCCCC2CNC2CC2)c(Cl)c1. The summed E-state index contributed by atoms with van der Waals surface area (Å²) in [6, 6.07) is 7.93. The van der Waals surface area contributed by atoms with Gasteiger partial charge < -0.3 is 5.32 Å². The number of hydrogen-bond donors (Lipinski definition) is 1. The molecular formula is C17H25ClN2. The Morgan fingerprint density at radius 2 is 2.10 bits per heavy atom. The maximum atomic E-state index is 6.39. The quantitative estimate of drug-likeness (QED) is 0.889. The van der Waals surface area contributed by atoms with Crippen molar-refractivity contribution in [1.82, 2.24) is 10.2 Å². The summed E-state index contributed by atoms with van der Waals surface area (Å²) < 4.78 is 0. The minimum Gasteiger partial charge on any atom is -0.312 e. The van der Waals surface area contributed by atoms with Gasteiger partial charge in [0.05, 0.1) is 0 Å². The van der Waals surface area contributed by atoms with Crippen molar-refractivity contribution in [3.8, 4) is 0 Å². The molecule has 1 aliphatic carbocycles. The molecule has 1 saturated carbocycles. The molecule has 1 aromatic carbocycles. The van der Waals surface area contributed by atoms with Crippen LogP contribution in [0.5, 0.6) is 0 Å². The van der Waals surface area contributed by atoms with Gasteiger partial charge in [-0.2, -0.15) is 0 Å². The van der Waals surface area contributed by atoms with E-state index < -0.39 is 0 Å². The molecule has 1 saturated heterocycles. The molecule has 1 aliphatic heterocycles.